The van der Waals surface area contributed by atoms with Crippen LogP contribution in [0.3, 0.4) is 0 Å². The fourth-order valence-electron chi connectivity index (χ4n) is 1.84. The molecule has 0 saturated heterocycles. The molecule has 5 nitrogen and oxygen atoms in total. The molecule has 120 valence electrons. The number of rotatable bonds is 9. The van der Waals surface area contributed by atoms with Crippen LogP contribution in [-0.2, 0) is 20.9 Å². The van der Waals surface area contributed by atoms with E-state index in [4.69, 9.17) is 21.4 Å². The van der Waals surface area contributed by atoms with Crippen molar-refractivity contribution in [2.45, 2.75) is 26.0 Å². The van der Waals surface area contributed by atoms with Crippen molar-refractivity contribution >= 4 is 23.5 Å². The van der Waals surface area contributed by atoms with Crippen LogP contribution in [0.5, 0.6) is 0 Å². The Morgan fingerprint density at radius 2 is 2.05 bits per heavy atom. The fourth-order valence-corrected chi connectivity index (χ4v) is 1.97. The molecular weight excluding hydrogens is 306 g/mol. The maximum Gasteiger partial charge on any atom is 0.323 e. The molecule has 0 spiro atoms. The van der Waals surface area contributed by atoms with Crippen LogP contribution in [0.25, 0.3) is 0 Å². The minimum atomic E-state index is -1.07. The van der Waals surface area contributed by atoms with Crippen LogP contribution >= 0.6 is 11.6 Å². The monoisotopic (exact) mass is 325 g/mol. The third-order valence-electron chi connectivity index (χ3n) is 2.96. The third-order valence-corrected chi connectivity index (χ3v) is 3.21. The van der Waals surface area contributed by atoms with E-state index in [1.54, 1.807) is 37.3 Å². The van der Waals surface area contributed by atoms with Gasteiger partial charge in [0.2, 0.25) is 0 Å². The summed E-state index contributed by atoms with van der Waals surface area (Å²) >= 11 is 5.81. The van der Waals surface area contributed by atoms with Gasteiger partial charge in [-0.1, -0.05) is 29.8 Å². The molecular formula is C16H20ClNO4. The van der Waals surface area contributed by atoms with Crippen molar-refractivity contribution in [3.8, 4) is 0 Å². The molecule has 6 heteroatoms. The summed E-state index contributed by atoms with van der Waals surface area (Å²) < 4.78 is 5.39. The van der Waals surface area contributed by atoms with Gasteiger partial charge in [-0.3, -0.25) is 9.59 Å². The highest BCUT2D eigenvalue weighted by atomic mass is 35.5. The number of aliphatic carboxylic acids is 1. The molecule has 1 amide bonds. The van der Waals surface area contributed by atoms with Gasteiger partial charge in [0.25, 0.3) is 5.91 Å². The van der Waals surface area contributed by atoms with E-state index < -0.39 is 12.1 Å². The maximum absolute atomic E-state index is 12.3. The second-order valence-corrected chi connectivity index (χ2v) is 5.24. The molecule has 0 aliphatic carbocycles. The number of nitrogens with zero attached hydrogens (tertiary/aromatic N) is 1. The van der Waals surface area contributed by atoms with Crippen LogP contribution in [-0.4, -0.2) is 41.1 Å². The molecule has 0 radical (unpaired) electrons. The first-order valence-corrected chi connectivity index (χ1v) is 7.29. The average Bonchev–Trinajstić information content (AvgIpc) is 2.47. The maximum atomic E-state index is 12.3. The van der Waals surface area contributed by atoms with E-state index in [0.29, 0.717) is 18.1 Å². The van der Waals surface area contributed by atoms with Crippen LogP contribution in [0, 0.1) is 0 Å². The SMILES string of the molecule is C=CCCOC(C)C(=O)N(CC(=O)O)Cc1ccc(Cl)cc1. The van der Waals surface area contributed by atoms with Gasteiger partial charge in [0.1, 0.15) is 12.6 Å². The Balaban J connectivity index is 2.73. The van der Waals surface area contributed by atoms with Crippen molar-refractivity contribution in [3.63, 3.8) is 0 Å². The number of hydrogen-bond donors (Lipinski definition) is 1. The lowest BCUT2D eigenvalue weighted by Crippen LogP contribution is -2.41. The highest BCUT2D eigenvalue weighted by Crippen LogP contribution is 2.12. The van der Waals surface area contributed by atoms with E-state index in [0.717, 1.165) is 5.56 Å². The summed E-state index contributed by atoms with van der Waals surface area (Å²) in [6.45, 7) is 5.38. The topological polar surface area (TPSA) is 66.8 Å². The molecule has 1 unspecified atom stereocenters. The molecule has 1 atom stereocenters. The number of carboxylic acids is 1. The van der Waals surface area contributed by atoms with E-state index in [2.05, 4.69) is 6.58 Å². The van der Waals surface area contributed by atoms with Crippen molar-refractivity contribution < 1.29 is 19.4 Å². The number of benzene rings is 1. The molecule has 0 aliphatic rings. The van der Waals surface area contributed by atoms with Gasteiger partial charge in [0, 0.05) is 11.6 Å². The summed E-state index contributed by atoms with van der Waals surface area (Å²) in [4.78, 5) is 24.6. The van der Waals surface area contributed by atoms with Gasteiger partial charge in [-0.2, -0.15) is 0 Å². The van der Waals surface area contributed by atoms with E-state index >= 15 is 0 Å². The lowest BCUT2D eigenvalue weighted by atomic mass is 10.2. The number of ether oxygens (including phenoxy) is 1. The Morgan fingerprint density at radius 1 is 1.41 bits per heavy atom. The Bertz CT molecular complexity index is 515. The zero-order valence-corrected chi connectivity index (χ0v) is 13.3. The predicted molar refractivity (Wildman–Crippen MR) is 84.7 cm³/mol. The van der Waals surface area contributed by atoms with Crippen LogP contribution < -0.4 is 0 Å². The first-order valence-electron chi connectivity index (χ1n) is 6.91. The number of carbonyl (C=O) groups is 2. The second kappa shape index (κ2) is 9.23. The van der Waals surface area contributed by atoms with Crippen molar-refractivity contribution in [2.75, 3.05) is 13.2 Å². The normalized spacial score (nSPS) is 11.7. The van der Waals surface area contributed by atoms with Gasteiger partial charge in [-0.25, -0.2) is 0 Å². The van der Waals surface area contributed by atoms with Crippen LogP contribution in [0.4, 0.5) is 0 Å². The molecule has 1 rings (SSSR count). The lowest BCUT2D eigenvalue weighted by Gasteiger charge is -2.24. The third kappa shape index (κ3) is 6.28. The molecule has 1 aromatic carbocycles. The van der Waals surface area contributed by atoms with Crippen LogP contribution in [0.15, 0.2) is 36.9 Å². The number of hydrogen-bond acceptors (Lipinski definition) is 3. The van der Waals surface area contributed by atoms with Crippen LogP contribution in [0.1, 0.15) is 18.9 Å². The van der Waals surface area contributed by atoms with Gasteiger partial charge in [-0.15, -0.1) is 6.58 Å². The van der Waals surface area contributed by atoms with Crippen molar-refractivity contribution in [2.24, 2.45) is 0 Å². The largest absolute Gasteiger partial charge is 0.480 e. The van der Waals surface area contributed by atoms with E-state index in [9.17, 15) is 9.59 Å². The minimum absolute atomic E-state index is 0.192. The number of amides is 1. The molecule has 0 saturated carbocycles. The molecule has 1 aromatic rings. The highest BCUT2D eigenvalue weighted by Gasteiger charge is 2.23. The van der Waals surface area contributed by atoms with Crippen LogP contribution in [0.2, 0.25) is 5.02 Å². The molecule has 22 heavy (non-hydrogen) atoms. The molecule has 0 aromatic heterocycles. The zero-order valence-electron chi connectivity index (χ0n) is 12.5. The number of carbonyl (C=O) groups excluding carboxylic acids is 1. The highest BCUT2D eigenvalue weighted by molar-refractivity contribution is 6.30. The van der Waals surface area contributed by atoms with Gasteiger partial charge in [0.15, 0.2) is 0 Å². The zero-order chi connectivity index (χ0) is 16.5. The molecule has 0 bridgehead atoms. The molecule has 0 heterocycles. The second-order valence-electron chi connectivity index (χ2n) is 4.80. The smallest absolute Gasteiger partial charge is 0.323 e. The summed E-state index contributed by atoms with van der Waals surface area (Å²) in [6.07, 6.45) is 1.62. The summed E-state index contributed by atoms with van der Waals surface area (Å²) in [6, 6.07) is 6.91. The van der Waals surface area contributed by atoms with Gasteiger partial charge in [0.05, 0.1) is 6.61 Å². The van der Waals surface area contributed by atoms with Gasteiger partial charge >= 0.3 is 5.97 Å². The Morgan fingerprint density at radius 3 is 2.59 bits per heavy atom. The fraction of sp³-hybridized carbons (Fsp3) is 0.375. The number of halogens is 1. The van der Waals surface area contributed by atoms with E-state index in [1.165, 1.54) is 4.90 Å². The summed E-state index contributed by atoms with van der Waals surface area (Å²) in [5.41, 5.74) is 0.803. The quantitative estimate of drug-likeness (QED) is 0.560. The van der Waals surface area contributed by atoms with Gasteiger partial charge < -0.3 is 14.7 Å². The summed E-state index contributed by atoms with van der Waals surface area (Å²) in [5, 5.41) is 9.57. The van der Waals surface area contributed by atoms with Crippen molar-refractivity contribution in [3.05, 3.63) is 47.5 Å². The predicted octanol–water partition coefficient (Wildman–Crippen LogP) is 2.73. The lowest BCUT2D eigenvalue weighted by molar-refractivity contribution is -0.150. The Hall–Kier alpha value is -1.85. The Labute approximate surface area is 135 Å². The first kappa shape index (κ1) is 18.2. The van der Waals surface area contributed by atoms with E-state index in [1.807, 2.05) is 0 Å². The first-order chi connectivity index (χ1) is 10.4. The number of carboxylic acid groups (broad SMARTS) is 1. The van der Waals surface area contributed by atoms with Crippen molar-refractivity contribution in [1.29, 1.82) is 0 Å². The molecule has 0 aliphatic heterocycles. The van der Waals surface area contributed by atoms with Gasteiger partial charge in [-0.05, 0) is 31.0 Å². The minimum Gasteiger partial charge on any atom is -0.480 e. The summed E-state index contributed by atoms with van der Waals surface area (Å²) in [7, 11) is 0. The Kier molecular flexibility index (Phi) is 7.63. The standard InChI is InChI=1S/C16H20ClNO4/c1-3-4-9-22-12(2)16(21)18(11-15(19)20)10-13-5-7-14(17)8-6-13/h3,5-8,12H,1,4,9-11H2,2H3,(H,19,20). The van der Waals surface area contributed by atoms with Crippen molar-refractivity contribution in [1.82, 2.24) is 4.90 Å². The average molecular weight is 326 g/mol. The molecule has 1 N–H and O–H groups in total. The van der Waals surface area contributed by atoms with E-state index in [-0.39, 0.29) is 19.0 Å². The summed E-state index contributed by atoms with van der Waals surface area (Å²) in [5.74, 6) is -1.43. The molecule has 0 fully saturated rings.